The van der Waals surface area contributed by atoms with Crippen molar-refractivity contribution in [3.8, 4) is 0 Å². The van der Waals surface area contributed by atoms with Gasteiger partial charge in [-0.25, -0.2) is 0 Å². The number of aryl methyl sites for hydroxylation is 1. The van der Waals surface area contributed by atoms with Crippen LogP contribution in [0, 0.1) is 6.92 Å². The van der Waals surface area contributed by atoms with Gasteiger partial charge >= 0.3 is 0 Å². The molecule has 0 aromatic heterocycles. The molecule has 0 saturated carbocycles. The van der Waals surface area contributed by atoms with E-state index < -0.39 is 0 Å². The van der Waals surface area contributed by atoms with Crippen LogP contribution in [0.5, 0.6) is 0 Å². The predicted molar refractivity (Wildman–Crippen MR) is 81.4 cm³/mol. The molecule has 0 atom stereocenters. The fraction of sp³-hybridized carbons (Fsp3) is 0.471. The number of benzene rings is 1. The van der Waals surface area contributed by atoms with E-state index in [1.807, 2.05) is 18.2 Å². The monoisotopic (exact) mass is 270 g/mol. The molecule has 1 aromatic carbocycles. The maximum atomic E-state index is 12.4. The molecule has 3 heteroatoms. The molecule has 3 aliphatic heterocycles. The first-order valence-corrected chi connectivity index (χ1v) is 7.51. The van der Waals surface area contributed by atoms with E-state index in [0.29, 0.717) is 6.04 Å². The summed E-state index contributed by atoms with van der Waals surface area (Å²) < 4.78 is 0. The highest BCUT2D eigenvalue weighted by Gasteiger charge is 2.30. The zero-order chi connectivity index (χ0) is 13.9. The third-order valence-corrected chi connectivity index (χ3v) is 4.53. The van der Waals surface area contributed by atoms with Gasteiger partial charge in [0, 0.05) is 38.3 Å². The van der Waals surface area contributed by atoms with Gasteiger partial charge in [-0.05, 0) is 37.0 Å². The van der Waals surface area contributed by atoms with Crippen molar-refractivity contribution in [1.29, 1.82) is 0 Å². The molecule has 4 rings (SSSR count). The Morgan fingerprint density at radius 3 is 2.65 bits per heavy atom. The summed E-state index contributed by atoms with van der Waals surface area (Å²) >= 11 is 0. The van der Waals surface area contributed by atoms with E-state index in [2.05, 4.69) is 28.9 Å². The number of piperidine rings is 1. The van der Waals surface area contributed by atoms with E-state index in [4.69, 9.17) is 0 Å². The number of nitrogens with zero attached hydrogens (tertiary/aromatic N) is 2. The second-order valence-electron chi connectivity index (χ2n) is 5.79. The number of carbonyl (C=O) groups is 1. The molecule has 0 spiro atoms. The summed E-state index contributed by atoms with van der Waals surface area (Å²) in [7, 11) is 0. The summed E-state index contributed by atoms with van der Waals surface area (Å²) in [6.45, 7) is 6.28. The molecular formula is C17H22N2O. The van der Waals surface area contributed by atoms with Crippen LogP contribution in [-0.4, -0.2) is 47.9 Å². The van der Waals surface area contributed by atoms with Crippen molar-refractivity contribution in [2.75, 3.05) is 26.2 Å². The minimum Gasteiger partial charge on any atom is -0.335 e. The molecule has 2 bridgehead atoms. The van der Waals surface area contributed by atoms with Crippen LogP contribution in [0.3, 0.4) is 0 Å². The van der Waals surface area contributed by atoms with Crippen LogP contribution >= 0.6 is 0 Å². The topological polar surface area (TPSA) is 23.6 Å². The third-order valence-electron chi connectivity index (χ3n) is 4.53. The normalized spacial score (nSPS) is 25.9. The summed E-state index contributed by atoms with van der Waals surface area (Å²) in [4.78, 5) is 17.0. The Labute approximate surface area is 120 Å². The maximum Gasteiger partial charge on any atom is 0.246 e. The first kappa shape index (κ1) is 13.4. The molecule has 3 aliphatic rings. The van der Waals surface area contributed by atoms with Gasteiger partial charge < -0.3 is 9.80 Å². The average Bonchev–Trinajstić information content (AvgIpc) is 2.80. The lowest BCUT2D eigenvalue weighted by Crippen LogP contribution is -2.40. The van der Waals surface area contributed by atoms with Gasteiger partial charge in [0.15, 0.2) is 0 Å². The molecule has 3 fully saturated rings. The number of rotatable bonds is 2. The van der Waals surface area contributed by atoms with Gasteiger partial charge in [0.1, 0.15) is 0 Å². The second kappa shape index (κ2) is 5.80. The Morgan fingerprint density at radius 2 is 1.90 bits per heavy atom. The third kappa shape index (κ3) is 2.78. The van der Waals surface area contributed by atoms with E-state index in [1.165, 1.54) is 5.56 Å². The van der Waals surface area contributed by atoms with Crippen molar-refractivity contribution in [2.45, 2.75) is 25.8 Å². The van der Waals surface area contributed by atoms with Crippen molar-refractivity contribution >= 4 is 12.0 Å². The van der Waals surface area contributed by atoms with E-state index in [9.17, 15) is 4.79 Å². The molecule has 0 aliphatic carbocycles. The SMILES string of the molecule is Cc1ccccc1C=CC(=O)N1CCN2CCC1CC2. The van der Waals surface area contributed by atoms with Crippen LogP contribution in [0.4, 0.5) is 0 Å². The lowest BCUT2D eigenvalue weighted by molar-refractivity contribution is -0.127. The Balaban J connectivity index is 1.71. The fourth-order valence-corrected chi connectivity index (χ4v) is 3.21. The second-order valence-corrected chi connectivity index (χ2v) is 5.79. The lowest BCUT2D eigenvalue weighted by Gasteiger charge is -2.30. The molecule has 1 amide bonds. The molecule has 0 unspecified atom stereocenters. The number of hydrogen-bond donors (Lipinski definition) is 0. The van der Waals surface area contributed by atoms with Crippen LogP contribution in [0.15, 0.2) is 30.3 Å². The number of carbonyl (C=O) groups excluding carboxylic acids is 1. The summed E-state index contributed by atoms with van der Waals surface area (Å²) in [6, 6.07) is 8.61. The van der Waals surface area contributed by atoms with Crippen LogP contribution in [0.25, 0.3) is 6.08 Å². The van der Waals surface area contributed by atoms with Crippen LogP contribution in [0.1, 0.15) is 24.0 Å². The van der Waals surface area contributed by atoms with E-state index in [1.54, 1.807) is 6.08 Å². The molecule has 0 radical (unpaired) electrons. The zero-order valence-electron chi connectivity index (χ0n) is 12.1. The van der Waals surface area contributed by atoms with Crippen molar-refractivity contribution in [3.05, 3.63) is 41.5 Å². The van der Waals surface area contributed by atoms with Crippen LogP contribution in [0.2, 0.25) is 0 Å². The summed E-state index contributed by atoms with van der Waals surface area (Å²) in [5, 5.41) is 0. The minimum absolute atomic E-state index is 0.169. The Bertz CT molecular complexity index is 515. The zero-order valence-corrected chi connectivity index (χ0v) is 12.1. The molecule has 3 heterocycles. The highest BCUT2D eigenvalue weighted by Crippen LogP contribution is 2.21. The van der Waals surface area contributed by atoms with Crippen LogP contribution in [-0.2, 0) is 4.79 Å². The molecule has 20 heavy (non-hydrogen) atoms. The van der Waals surface area contributed by atoms with E-state index in [-0.39, 0.29) is 5.91 Å². The van der Waals surface area contributed by atoms with Gasteiger partial charge in [0.2, 0.25) is 5.91 Å². The van der Waals surface area contributed by atoms with Gasteiger partial charge in [-0.2, -0.15) is 0 Å². The summed E-state index contributed by atoms with van der Waals surface area (Å²) in [5.41, 5.74) is 2.34. The van der Waals surface area contributed by atoms with Gasteiger partial charge in [-0.3, -0.25) is 4.79 Å². The molecule has 3 nitrogen and oxygen atoms in total. The van der Waals surface area contributed by atoms with Gasteiger partial charge in [0.05, 0.1) is 0 Å². The van der Waals surface area contributed by atoms with Crippen molar-refractivity contribution in [2.24, 2.45) is 0 Å². The van der Waals surface area contributed by atoms with E-state index in [0.717, 1.165) is 44.6 Å². The van der Waals surface area contributed by atoms with Crippen molar-refractivity contribution in [1.82, 2.24) is 9.80 Å². The average molecular weight is 270 g/mol. The first-order valence-electron chi connectivity index (χ1n) is 7.51. The summed E-state index contributed by atoms with van der Waals surface area (Å²) in [5.74, 6) is 0.169. The fourth-order valence-electron chi connectivity index (χ4n) is 3.21. The molecule has 106 valence electrons. The van der Waals surface area contributed by atoms with Gasteiger partial charge in [-0.15, -0.1) is 0 Å². The van der Waals surface area contributed by atoms with Crippen molar-refractivity contribution in [3.63, 3.8) is 0 Å². The highest BCUT2D eigenvalue weighted by atomic mass is 16.2. The molecule has 1 aromatic rings. The Kier molecular flexibility index (Phi) is 3.88. The standard InChI is InChI=1S/C17H22N2O/c1-14-4-2-3-5-15(14)6-7-17(20)19-13-12-18-10-8-16(19)9-11-18/h2-7,16H,8-13H2,1H3. The predicted octanol–water partition coefficient (Wildman–Crippen LogP) is 2.31. The molecule has 0 N–H and O–H groups in total. The Morgan fingerprint density at radius 1 is 1.15 bits per heavy atom. The number of hydrogen-bond acceptors (Lipinski definition) is 2. The minimum atomic E-state index is 0.169. The lowest BCUT2D eigenvalue weighted by atomic mass is 10.0. The molecular weight excluding hydrogens is 248 g/mol. The quantitative estimate of drug-likeness (QED) is 0.770. The van der Waals surface area contributed by atoms with E-state index >= 15 is 0 Å². The van der Waals surface area contributed by atoms with Crippen molar-refractivity contribution < 1.29 is 4.79 Å². The maximum absolute atomic E-state index is 12.4. The van der Waals surface area contributed by atoms with Gasteiger partial charge in [0.25, 0.3) is 0 Å². The number of fused-ring (bicyclic) bond motifs is 4. The number of amides is 1. The Hall–Kier alpha value is -1.61. The van der Waals surface area contributed by atoms with Crippen LogP contribution < -0.4 is 0 Å². The molecule has 3 saturated heterocycles. The smallest absolute Gasteiger partial charge is 0.246 e. The summed E-state index contributed by atoms with van der Waals surface area (Å²) in [6.07, 6.45) is 5.96. The highest BCUT2D eigenvalue weighted by molar-refractivity contribution is 5.92. The largest absolute Gasteiger partial charge is 0.335 e. The first-order chi connectivity index (χ1) is 9.74. The van der Waals surface area contributed by atoms with Gasteiger partial charge in [-0.1, -0.05) is 24.3 Å².